The molecule has 0 amide bonds. The van der Waals surface area contributed by atoms with Crippen LogP contribution in [0.4, 0.5) is 0 Å². The van der Waals surface area contributed by atoms with Gasteiger partial charge in [0.1, 0.15) is 0 Å². The van der Waals surface area contributed by atoms with E-state index in [0.717, 1.165) is 31.7 Å². The number of hydrogen-bond donors (Lipinski definition) is 2. The summed E-state index contributed by atoms with van der Waals surface area (Å²) in [6.45, 7) is 3.11. The quantitative estimate of drug-likeness (QED) is 0.885. The summed E-state index contributed by atoms with van der Waals surface area (Å²) < 4.78 is 0. The Hall–Kier alpha value is -0.860. The van der Waals surface area contributed by atoms with Crippen molar-refractivity contribution in [2.24, 2.45) is 17.8 Å². The third-order valence-corrected chi connectivity index (χ3v) is 5.90. The second kappa shape index (κ2) is 4.57. The van der Waals surface area contributed by atoms with Gasteiger partial charge in [0.05, 0.1) is 5.60 Å². The van der Waals surface area contributed by atoms with E-state index in [2.05, 4.69) is 36.5 Å². The van der Waals surface area contributed by atoms with Crippen LogP contribution in [0.5, 0.6) is 0 Å². The minimum absolute atomic E-state index is 0.307. The molecule has 4 bridgehead atoms. The van der Waals surface area contributed by atoms with Crippen LogP contribution in [0.3, 0.4) is 0 Å². The molecule has 0 heterocycles. The van der Waals surface area contributed by atoms with Crippen LogP contribution < -0.4 is 5.32 Å². The van der Waals surface area contributed by atoms with Crippen molar-refractivity contribution in [3.05, 3.63) is 35.4 Å². The minimum Gasteiger partial charge on any atom is -0.390 e. The molecule has 1 aromatic rings. The van der Waals surface area contributed by atoms with Crippen molar-refractivity contribution in [2.75, 3.05) is 0 Å². The molecule has 2 heteroatoms. The Balaban J connectivity index is 1.44. The van der Waals surface area contributed by atoms with Gasteiger partial charge in [-0.3, -0.25) is 0 Å². The van der Waals surface area contributed by atoms with Gasteiger partial charge >= 0.3 is 0 Å². The van der Waals surface area contributed by atoms with Gasteiger partial charge < -0.3 is 10.4 Å². The first-order valence-corrected chi connectivity index (χ1v) is 8.13. The molecule has 4 aliphatic carbocycles. The SMILES string of the molecule is Cc1ccc(CN[C@H]2C3CC4CC2C[C@](O)(C4)C3)cc1. The molecule has 4 saturated carbocycles. The van der Waals surface area contributed by atoms with E-state index in [0.29, 0.717) is 17.9 Å². The second-order valence-electron chi connectivity index (χ2n) is 7.59. The first kappa shape index (κ1) is 12.8. The van der Waals surface area contributed by atoms with Gasteiger partial charge in [-0.15, -0.1) is 0 Å². The highest BCUT2D eigenvalue weighted by molar-refractivity contribution is 5.21. The third kappa shape index (κ3) is 2.19. The van der Waals surface area contributed by atoms with E-state index < -0.39 is 0 Å². The standard InChI is InChI=1S/C18H25NO/c1-12-2-4-13(5-3-12)11-19-17-15-6-14-7-16(17)10-18(20,8-14)9-15/h2-5,14-17,19-20H,6-11H2,1H3/t14?,15?,16?,17-,18-. The van der Waals surface area contributed by atoms with Crippen LogP contribution in [0.25, 0.3) is 0 Å². The highest BCUT2D eigenvalue weighted by Crippen LogP contribution is 2.55. The lowest BCUT2D eigenvalue weighted by Gasteiger charge is -2.58. The van der Waals surface area contributed by atoms with E-state index in [1.165, 1.54) is 24.0 Å². The fraction of sp³-hybridized carbons (Fsp3) is 0.667. The molecule has 0 aliphatic heterocycles. The molecule has 4 fully saturated rings. The van der Waals surface area contributed by atoms with Crippen LogP contribution in [0.1, 0.15) is 43.2 Å². The lowest BCUT2D eigenvalue weighted by atomic mass is 9.52. The van der Waals surface area contributed by atoms with Gasteiger partial charge in [-0.1, -0.05) is 29.8 Å². The Morgan fingerprint density at radius 3 is 2.35 bits per heavy atom. The molecule has 0 aromatic heterocycles. The monoisotopic (exact) mass is 271 g/mol. The normalized spacial score (nSPS) is 42.1. The third-order valence-electron chi connectivity index (χ3n) is 5.90. The first-order chi connectivity index (χ1) is 9.61. The van der Waals surface area contributed by atoms with Gasteiger partial charge in [-0.25, -0.2) is 0 Å². The maximum atomic E-state index is 10.6. The second-order valence-corrected chi connectivity index (χ2v) is 7.59. The average molecular weight is 271 g/mol. The van der Waals surface area contributed by atoms with Crippen LogP contribution >= 0.6 is 0 Å². The maximum absolute atomic E-state index is 10.6. The van der Waals surface area contributed by atoms with Crippen LogP contribution in [0.2, 0.25) is 0 Å². The van der Waals surface area contributed by atoms with Crippen LogP contribution in [-0.2, 0) is 6.54 Å². The predicted molar refractivity (Wildman–Crippen MR) is 80.3 cm³/mol. The number of aryl methyl sites for hydroxylation is 1. The molecular formula is C18H25NO. The van der Waals surface area contributed by atoms with Gasteiger partial charge in [0.15, 0.2) is 0 Å². The molecule has 4 aliphatic rings. The Morgan fingerprint density at radius 2 is 1.75 bits per heavy atom. The van der Waals surface area contributed by atoms with Crippen molar-refractivity contribution >= 4 is 0 Å². The number of nitrogens with one attached hydrogen (secondary N) is 1. The molecule has 2 N–H and O–H groups in total. The molecule has 0 radical (unpaired) electrons. The van der Waals surface area contributed by atoms with Crippen molar-refractivity contribution in [3.63, 3.8) is 0 Å². The van der Waals surface area contributed by atoms with Crippen molar-refractivity contribution in [3.8, 4) is 0 Å². The summed E-state index contributed by atoms with van der Waals surface area (Å²) in [4.78, 5) is 0. The van der Waals surface area contributed by atoms with Crippen molar-refractivity contribution < 1.29 is 5.11 Å². The fourth-order valence-corrected chi connectivity index (χ4v) is 5.26. The van der Waals surface area contributed by atoms with Crippen LogP contribution in [-0.4, -0.2) is 16.7 Å². The van der Waals surface area contributed by atoms with E-state index in [1.54, 1.807) is 0 Å². The molecular weight excluding hydrogens is 246 g/mol. The van der Waals surface area contributed by atoms with Crippen molar-refractivity contribution in [1.82, 2.24) is 5.32 Å². The van der Waals surface area contributed by atoms with Gasteiger partial charge in [0, 0.05) is 12.6 Å². The lowest BCUT2D eigenvalue weighted by Crippen LogP contribution is -2.60. The van der Waals surface area contributed by atoms with E-state index >= 15 is 0 Å². The summed E-state index contributed by atoms with van der Waals surface area (Å²) in [5, 5.41) is 14.4. The molecule has 20 heavy (non-hydrogen) atoms. The summed E-state index contributed by atoms with van der Waals surface area (Å²) in [5.41, 5.74) is 2.40. The van der Waals surface area contributed by atoms with E-state index in [4.69, 9.17) is 0 Å². The highest BCUT2D eigenvalue weighted by atomic mass is 16.3. The molecule has 0 saturated heterocycles. The lowest BCUT2D eigenvalue weighted by molar-refractivity contribution is -0.138. The molecule has 2 unspecified atom stereocenters. The molecule has 2 nitrogen and oxygen atoms in total. The predicted octanol–water partition coefficient (Wildman–Crippen LogP) is 3.02. The zero-order valence-corrected chi connectivity index (χ0v) is 12.3. The van der Waals surface area contributed by atoms with Gasteiger partial charge in [-0.05, 0) is 62.3 Å². The van der Waals surface area contributed by atoms with Crippen molar-refractivity contribution in [2.45, 2.75) is 57.2 Å². The summed E-state index contributed by atoms with van der Waals surface area (Å²) in [5.74, 6) is 2.21. The van der Waals surface area contributed by atoms with E-state index in [-0.39, 0.29) is 5.60 Å². The highest BCUT2D eigenvalue weighted by Gasteiger charge is 2.54. The Labute approximate surface area is 121 Å². The van der Waals surface area contributed by atoms with E-state index in [9.17, 15) is 5.11 Å². The minimum atomic E-state index is -0.307. The number of hydrogen-bond acceptors (Lipinski definition) is 2. The Kier molecular flexibility index (Phi) is 2.94. The average Bonchev–Trinajstić information content (AvgIpc) is 2.38. The van der Waals surface area contributed by atoms with Gasteiger partial charge in [-0.2, -0.15) is 0 Å². The molecule has 108 valence electrons. The Morgan fingerprint density at radius 1 is 1.10 bits per heavy atom. The number of benzene rings is 1. The summed E-state index contributed by atoms with van der Waals surface area (Å²) in [7, 11) is 0. The number of aliphatic hydroxyl groups is 1. The smallest absolute Gasteiger partial charge is 0.0657 e. The fourth-order valence-electron chi connectivity index (χ4n) is 5.26. The maximum Gasteiger partial charge on any atom is 0.0657 e. The topological polar surface area (TPSA) is 32.3 Å². The molecule has 1 aromatic carbocycles. The summed E-state index contributed by atoms with van der Waals surface area (Å²) >= 11 is 0. The number of rotatable bonds is 3. The summed E-state index contributed by atoms with van der Waals surface area (Å²) in [6, 6.07) is 9.47. The largest absolute Gasteiger partial charge is 0.390 e. The first-order valence-electron chi connectivity index (χ1n) is 8.13. The molecule has 5 rings (SSSR count). The zero-order valence-electron chi connectivity index (χ0n) is 12.3. The van der Waals surface area contributed by atoms with Crippen LogP contribution in [0.15, 0.2) is 24.3 Å². The van der Waals surface area contributed by atoms with Gasteiger partial charge in [0.25, 0.3) is 0 Å². The van der Waals surface area contributed by atoms with Crippen molar-refractivity contribution in [1.29, 1.82) is 0 Å². The molecule has 0 spiro atoms. The molecule has 2 atom stereocenters. The van der Waals surface area contributed by atoms with Gasteiger partial charge in [0.2, 0.25) is 0 Å². The Bertz CT molecular complexity index is 479. The summed E-state index contributed by atoms with van der Waals surface area (Å²) in [6.07, 6.45) is 5.82. The van der Waals surface area contributed by atoms with Crippen LogP contribution in [0, 0.1) is 24.7 Å². The zero-order chi connectivity index (χ0) is 13.7. The van der Waals surface area contributed by atoms with E-state index in [1.807, 2.05) is 0 Å².